The monoisotopic (exact) mass is 344 g/mol. The van der Waals surface area contributed by atoms with Crippen LogP contribution in [-0.2, 0) is 11.3 Å². The summed E-state index contributed by atoms with van der Waals surface area (Å²) in [4.78, 5) is 18.1. The van der Waals surface area contributed by atoms with Crippen molar-refractivity contribution in [1.29, 1.82) is 0 Å². The van der Waals surface area contributed by atoms with Gasteiger partial charge in [-0.05, 0) is 26.3 Å². The average Bonchev–Trinajstić information content (AvgIpc) is 3.16. The smallest absolute Gasteiger partial charge is 0.141 e. The standard InChI is InChI=1S/C16H20N6OS/c1-10-11(2)24-16-14(10)15(19-12(3)20-16)21-4-5-23-13(6-21)7-22-9-17-8-18-22/h8-9,13H,4-7H2,1-3H3/t13-/m1/s1. The van der Waals surface area contributed by atoms with E-state index in [9.17, 15) is 0 Å². The van der Waals surface area contributed by atoms with Gasteiger partial charge in [-0.1, -0.05) is 0 Å². The number of aromatic nitrogens is 5. The van der Waals surface area contributed by atoms with E-state index in [1.807, 2.05) is 11.6 Å². The van der Waals surface area contributed by atoms with Crippen LogP contribution in [0.3, 0.4) is 0 Å². The molecule has 0 spiro atoms. The van der Waals surface area contributed by atoms with Crippen molar-refractivity contribution in [2.24, 2.45) is 0 Å². The number of anilines is 1. The molecule has 0 aromatic carbocycles. The zero-order valence-electron chi connectivity index (χ0n) is 14.1. The number of morpholine rings is 1. The lowest BCUT2D eigenvalue weighted by atomic mass is 10.2. The highest BCUT2D eigenvalue weighted by atomic mass is 32.1. The molecule has 1 saturated heterocycles. The molecule has 4 heterocycles. The van der Waals surface area contributed by atoms with E-state index in [4.69, 9.17) is 9.72 Å². The van der Waals surface area contributed by atoms with E-state index in [0.717, 1.165) is 29.6 Å². The molecule has 8 heteroatoms. The molecule has 0 amide bonds. The summed E-state index contributed by atoms with van der Waals surface area (Å²) >= 11 is 1.74. The van der Waals surface area contributed by atoms with Crippen LogP contribution < -0.4 is 4.90 Å². The summed E-state index contributed by atoms with van der Waals surface area (Å²) in [5.74, 6) is 1.85. The Morgan fingerprint density at radius 2 is 2.17 bits per heavy atom. The third-order valence-corrected chi connectivity index (χ3v) is 5.52. The predicted octanol–water partition coefficient (Wildman–Crippen LogP) is 2.11. The normalized spacial score (nSPS) is 18.5. The first-order valence-electron chi connectivity index (χ1n) is 8.05. The summed E-state index contributed by atoms with van der Waals surface area (Å²) in [6.07, 6.45) is 3.35. The Kier molecular flexibility index (Phi) is 3.93. The zero-order valence-corrected chi connectivity index (χ0v) is 14.9. The van der Waals surface area contributed by atoms with Crippen molar-refractivity contribution in [2.75, 3.05) is 24.6 Å². The minimum absolute atomic E-state index is 0.0748. The van der Waals surface area contributed by atoms with Gasteiger partial charge in [-0.25, -0.2) is 15.0 Å². The van der Waals surface area contributed by atoms with Crippen LogP contribution in [0, 0.1) is 20.8 Å². The first kappa shape index (κ1) is 15.5. The Hall–Kier alpha value is -2.06. The average molecular weight is 344 g/mol. The lowest BCUT2D eigenvalue weighted by molar-refractivity contribution is 0.0272. The number of thiophene rings is 1. The molecule has 1 fully saturated rings. The number of hydrogen-bond acceptors (Lipinski definition) is 7. The van der Waals surface area contributed by atoms with Crippen LogP contribution >= 0.6 is 11.3 Å². The summed E-state index contributed by atoms with van der Waals surface area (Å²) in [7, 11) is 0. The Bertz CT molecular complexity index is 859. The number of nitrogens with zero attached hydrogens (tertiary/aromatic N) is 6. The second-order valence-corrected chi connectivity index (χ2v) is 7.32. The molecule has 0 N–H and O–H groups in total. The third-order valence-electron chi connectivity index (χ3n) is 4.42. The van der Waals surface area contributed by atoms with Crippen LogP contribution in [0.1, 0.15) is 16.3 Å². The van der Waals surface area contributed by atoms with Crippen molar-refractivity contribution in [3.63, 3.8) is 0 Å². The molecular weight excluding hydrogens is 324 g/mol. The maximum atomic E-state index is 5.91. The molecule has 0 radical (unpaired) electrons. The van der Waals surface area contributed by atoms with Crippen LogP contribution in [0.5, 0.6) is 0 Å². The second-order valence-electron chi connectivity index (χ2n) is 6.11. The topological polar surface area (TPSA) is 69.0 Å². The third kappa shape index (κ3) is 2.76. The fourth-order valence-electron chi connectivity index (χ4n) is 3.12. The highest BCUT2D eigenvalue weighted by molar-refractivity contribution is 7.18. The van der Waals surface area contributed by atoms with E-state index in [1.54, 1.807) is 24.0 Å². The summed E-state index contributed by atoms with van der Waals surface area (Å²) in [5, 5.41) is 5.36. The van der Waals surface area contributed by atoms with Crippen molar-refractivity contribution in [2.45, 2.75) is 33.4 Å². The fraction of sp³-hybridized carbons (Fsp3) is 0.500. The number of hydrogen-bond donors (Lipinski definition) is 0. The van der Waals surface area contributed by atoms with Crippen LogP contribution in [0.15, 0.2) is 12.7 Å². The number of rotatable bonds is 3. The van der Waals surface area contributed by atoms with Crippen LogP contribution in [0.4, 0.5) is 5.82 Å². The number of aryl methyl sites for hydroxylation is 3. The molecule has 7 nitrogen and oxygen atoms in total. The SMILES string of the molecule is Cc1nc(N2CCO[C@@H](Cn3cncn3)C2)c2c(C)c(C)sc2n1. The lowest BCUT2D eigenvalue weighted by Crippen LogP contribution is -2.44. The predicted molar refractivity (Wildman–Crippen MR) is 93.6 cm³/mol. The first-order chi connectivity index (χ1) is 11.6. The maximum Gasteiger partial charge on any atom is 0.141 e. The Morgan fingerprint density at radius 1 is 1.29 bits per heavy atom. The molecular formula is C16H20N6OS. The summed E-state index contributed by atoms with van der Waals surface area (Å²) in [6, 6.07) is 0. The van der Waals surface area contributed by atoms with Gasteiger partial charge in [-0.3, -0.25) is 4.68 Å². The second kappa shape index (κ2) is 6.10. The van der Waals surface area contributed by atoms with Crippen molar-refractivity contribution >= 4 is 27.4 Å². The molecule has 1 aliphatic heterocycles. The van der Waals surface area contributed by atoms with Crippen LogP contribution in [0.2, 0.25) is 0 Å². The van der Waals surface area contributed by atoms with Gasteiger partial charge >= 0.3 is 0 Å². The quantitative estimate of drug-likeness (QED) is 0.725. The van der Waals surface area contributed by atoms with Gasteiger partial charge in [0.2, 0.25) is 0 Å². The van der Waals surface area contributed by atoms with Gasteiger partial charge in [0.15, 0.2) is 0 Å². The molecule has 4 rings (SSSR count). The van der Waals surface area contributed by atoms with E-state index in [2.05, 4.69) is 33.8 Å². The largest absolute Gasteiger partial charge is 0.373 e. The molecule has 0 unspecified atom stereocenters. The van der Waals surface area contributed by atoms with Gasteiger partial charge in [0.05, 0.1) is 24.6 Å². The summed E-state index contributed by atoms with van der Waals surface area (Å²) in [6.45, 7) is 9.28. The van der Waals surface area contributed by atoms with Gasteiger partial charge < -0.3 is 9.64 Å². The van der Waals surface area contributed by atoms with Crippen LogP contribution in [0.25, 0.3) is 10.2 Å². The van der Waals surface area contributed by atoms with Gasteiger partial charge in [0, 0.05) is 18.0 Å². The van der Waals surface area contributed by atoms with Crippen molar-refractivity contribution in [1.82, 2.24) is 24.7 Å². The molecule has 0 saturated carbocycles. The summed E-state index contributed by atoms with van der Waals surface area (Å²) < 4.78 is 7.72. The Balaban J connectivity index is 1.66. The number of fused-ring (bicyclic) bond motifs is 1. The number of ether oxygens (including phenoxy) is 1. The lowest BCUT2D eigenvalue weighted by Gasteiger charge is -2.34. The minimum Gasteiger partial charge on any atom is -0.373 e. The van der Waals surface area contributed by atoms with Gasteiger partial charge in [-0.15, -0.1) is 11.3 Å². The molecule has 1 atom stereocenters. The molecule has 1 aliphatic rings. The van der Waals surface area contributed by atoms with E-state index in [-0.39, 0.29) is 6.10 Å². The zero-order chi connectivity index (χ0) is 16.7. The molecule has 3 aromatic rings. The van der Waals surface area contributed by atoms with E-state index in [1.165, 1.54) is 15.8 Å². The molecule has 126 valence electrons. The first-order valence-corrected chi connectivity index (χ1v) is 8.87. The highest BCUT2D eigenvalue weighted by Gasteiger charge is 2.25. The van der Waals surface area contributed by atoms with Gasteiger partial charge in [-0.2, -0.15) is 5.10 Å². The van der Waals surface area contributed by atoms with Crippen molar-refractivity contribution in [3.8, 4) is 0 Å². The van der Waals surface area contributed by atoms with Crippen LogP contribution in [-0.4, -0.2) is 50.5 Å². The molecule has 24 heavy (non-hydrogen) atoms. The highest BCUT2D eigenvalue weighted by Crippen LogP contribution is 2.35. The van der Waals surface area contributed by atoms with E-state index in [0.29, 0.717) is 13.2 Å². The maximum absolute atomic E-state index is 5.91. The Morgan fingerprint density at radius 3 is 2.96 bits per heavy atom. The molecule has 0 aliphatic carbocycles. The molecule has 0 bridgehead atoms. The van der Waals surface area contributed by atoms with Crippen molar-refractivity contribution < 1.29 is 4.74 Å². The van der Waals surface area contributed by atoms with Gasteiger partial charge in [0.1, 0.15) is 29.1 Å². The fourth-order valence-corrected chi connectivity index (χ4v) is 4.19. The summed E-state index contributed by atoms with van der Waals surface area (Å²) in [5.41, 5.74) is 1.28. The van der Waals surface area contributed by atoms with E-state index < -0.39 is 0 Å². The van der Waals surface area contributed by atoms with Gasteiger partial charge in [0.25, 0.3) is 0 Å². The minimum atomic E-state index is 0.0748. The van der Waals surface area contributed by atoms with Crippen molar-refractivity contribution in [3.05, 3.63) is 28.9 Å². The van der Waals surface area contributed by atoms with E-state index >= 15 is 0 Å². The Labute approximate surface area is 144 Å². The molecule has 3 aromatic heterocycles.